The van der Waals surface area contributed by atoms with Gasteiger partial charge in [0.1, 0.15) is 12.4 Å². The third-order valence-corrected chi connectivity index (χ3v) is 5.28. The molecule has 6 heteroatoms. The van der Waals surface area contributed by atoms with Crippen LogP contribution in [0.2, 0.25) is 5.02 Å². The van der Waals surface area contributed by atoms with Gasteiger partial charge in [-0.25, -0.2) is 9.79 Å². The van der Waals surface area contributed by atoms with Crippen LogP contribution in [0.5, 0.6) is 5.75 Å². The Morgan fingerprint density at radius 1 is 1.03 bits per heavy atom. The molecule has 4 nitrogen and oxygen atoms in total. The lowest BCUT2D eigenvalue weighted by Crippen LogP contribution is -2.05. The molecule has 0 aromatic heterocycles. The van der Waals surface area contributed by atoms with Crippen LogP contribution in [-0.2, 0) is 16.1 Å². The van der Waals surface area contributed by atoms with Crippen molar-refractivity contribution >= 4 is 52.1 Å². The minimum Gasteiger partial charge on any atom is -0.488 e. The molecule has 0 amide bonds. The lowest BCUT2D eigenvalue weighted by Gasteiger charge is -2.10. The third kappa shape index (κ3) is 4.68. The average molecular weight is 516 g/mol. The minimum absolute atomic E-state index is 0.229. The number of carbonyl (C=O) groups is 1. The summed E-state index contributed by atoms with van der Waals surface area (Å²) in [7, 11) is 0. The van der Waals surface area contributed by atoms with E-state index >= 15 is 0 Å². The fourth-order valence-electron chi connectivity index (χ4n) is 2.80. The predicted octanol–water partition coefficient (Wildman–Crippen LogP) is 5.87. The minimum atomic E-state index is -0.486. The molecular formula is C23H15ClINO3. The second-order valence-electron chi connectivity index (χ2n) is 6.26. The molecule has 1 aliphatic heterocycles. The highest BCUT2D eigenvalue weighted by Crippen LogP contribution is 2.26. The molecule has 1 aliphatic rings. The number of carbonyl (C=O) groups excluding carboxylic acids is 1. The van der Waals surface area contributed by atoms with Gasteiger partial charge in [-0.05, 0) is 59.0 Å². The molecule has 29 heavy (non-hydrogen) atoms. The Kier molecular flexibility index (Phi) is 5.97. The van der Waals surface area contributed by atoms with Crippen LogP contribution in [0.1, 0.15) is 16.7 Å². The van der Waals surface area contributed by atoms with Crippen molar-refractivity contribution in [1.82, 2.24) is 0 Å². The van der Waals surface area contributed by atoms with Crippen LogP contribution in [0, 0.1) is 3.57 Å². The van der Waals surface area contributed by atoms with Gasteiger partial charge in [-0.2, -0.15) is 0 Å². The van der Waals surface area contributed by atoms with Crippen molar-refractivity contribution in [2.75, 3.05) is 0 Å². The number of hydrogen-bond donors (Lipinski definition) is 0. The summed E-state index contributed by atoms with van der Waals surface area (Å²) in [6.45, 7) is 0.321. The Morgan fingerprint density at radius 3 is 2.66 bits per heavy atom. The summed E-state index contributed by atoms with van der Waals surface area (Å²) in [4.78, 5) is 16.7. The molecule has 0 atom stereocenters. The standard InChI is InChI=1S/C23H15ClINO3/c24-19-10-3-1-7-17(19)14-28-21-11-4-2-6-15(21)13-20-23(27)29-22(26-20)16-8-5-9-18(25)12-16/h1-13H,14H2. The maximum absolute atomic E-state index is 12.3. The number of nitrogens with zero attached hydrogens (tertiary/aromatic N) is 1. The van der Waals surface area contributed by atoms with E-state index in [1.807, 2.05) is 72.8 Å². The summed E-state index contributed by atoms with van der Waals surface area (Å²) in [5.74, 6) is 0.444. The van der Waals surface area contributed by atoms with Crippen LogP contribution in [0.4, 0.5) is 0 Å². The SMILES string of the molecule is O=C1OC(c2cccc(I)c2)=NC1=Cc1ccccc1OCc1ccccc1Cl. The molecule has 0 unspecified atom stereocenters. The molecule has 1 heterocycles. The molecular weight excluding hydrogens is 501 g/mol. The summed E-state index contributed by atoms with van der Waals surface area (Å²) >= 11 is 8.41. The molecule has 3 aromatic rings. The number of cyclic esters (lactones) is 1. The molecule has 0 aliphatic carbocycles. The van der Waals surface area contributed by atoms with Gasteiger partial charge in [-0.15, -0.1) is 0 Å². The van der Waals surface area contributed by atoms with E-state index in [4.69, 9.17) is 21.1 Å². The number of para-hydroxylation sites is 1. The smallest absolute Gasteiger partial charge is 0.363 e. The van der Waals surface area contributed by atoms with Crippen LogP contribution in [0.15, 0.2) is 83.5 Å². The van der Waals surface area contributed by atoms with Crippen molar-refractivity contribution in [3.8, 4) is 5.75 Å². The fourth-order valence-corrected chi connectivity index (χ4v) is 3.54. The van der Waals surface area contributed by atoms with E-state index in [-0.39, 0.29) is 5.70 Å². The first-order chi connectivity index (χ1) is 14.1. The maximum atomic E-state index is 12.3. The number of ether oxygens (including phenoxy) is 2. The Hall–Kier alpha value is -2.64. The van der Waals surface area contributed by atoms with Crippen LogP contribution in [0.3, 0.4) is 0 Å². The maximum Gasteiger partial charge on any atom is 0.363 e. The fraction of sp³-hybridized carbons (Fsp3) is 0.0435. The van der Waals surface area contributed by atoms with E-state index in [1.165, 1.54) is 0 Å². The quantitative estimate of drug-likeness (QED) is 0.243. The van der Waals surface area contributed by atoms with Gasteiger partial charge in [0, 0.05) is 25.3 Å². The van der Waals surface area contributed by atoms with Crippen molar-refractivity contribution in [2.24, 2.45) is 4.99 Å². The molecule has 4 rings (SSSR count). The van der Waals surface area contributed by atoms with E-state index in [2.05, 4.69) is 27.6 Å². The van der Waals surface area contributed by atoms with Crippen molar-refractivity contribution in [1.29, 1.82) is 0 Å². The van der Waals surface area contributed by atoms with E-state index in [1.54, 1.807) is 6.08 Å². The Morgan fingerprint density at radius 2 is 1.83 bits per heavy atom. The van der Waals surface area contributed by atoms with Crippen molar-refractivity contribution in [2.45, 2.75) is 6.61 Å². The molecule has 144 valence electrons. The number of aliphatic imine (C=N–C) groups is 1. The average Bonchev–Trinajstić information content (AvgIpc) is 3.09. The Bertz CT molecular complexity index is 1140. The summed E-state index contributed by atoms with van der Waals surface area (Å²) in [5.41, 5.74) is 2.61. The number of benzene rings is 3. The van der Waals surface area contributed by atoms with Gasteiger partial charge in [0.25, 0.3) is 0 Å². The normalized spacial score (nSPS) is 14.6. The Balaban J connectivity index is 1.59. The molecule has 0 N–H and O–H groups in total. The second-order valence-corrected chi connectivity index (χ2v) is 7.92. The molecule has 0 radical (unpaired) electrons. The zero-order valence-corrected chi connectivity index (χ0v) is 18.1. The zero-order valence-electron chi connectivity index (χ0n) is 15.1. The van der Waals surface area contributed by atoms with Crippen LogP contribution >= 0.6 is 34.2 Å². The number of rotatable bonds is 5. The van der Waals surface area contributed by atoms with Gasteiger partial charge < -0.3 is 9.47 Å². The zero-order chi connectivity index (χ0) is 20.2. The van der Waals surface area contributed by atoms with Gasteiger partial charge in [-0.1, -0.05) is 54.1 Å². The first-order valence-corrected chi connectivity index (χ1v) is 10.3. The number of halogens is 2. The van der Waals surface area contributed by atoms with E-state index in [0.717, 1.165) is 20.3 Å². The van der Waals surface area contributed by atoms with Gasteiger partial charge in [0.2, 0.25) is 5.90 Å². The predicted molar refractivity (Wildman–Crippen MR) is 122 cm³/mol. The van der Waals surface area contributed by atoms with Crippen LogP contribution in [0.25, 0.3) is 6.08 Å². The van der Waals surface area contributed by atoms with Crippen LogP contribution < -0.4 is 4.74 Å². The first kappa shape index (κ1) is 19.7. The van der Waals surface area contributed by atoms with Gasteiger partial charge in [-0.3, -0.25) is 0 Å². The van der Waals surface area contributed by atoms with Crippen LogP contribution in [-0.4, -0.2) is 11.9 Å². The molecule has 3 aromatic carbocycles. The van der Waals surface area contributed by atoms with E-state index < -0.39 is 5.97 Å². The summed E-state index contributed by atoms with van der Waals surface area (Å²) < 4.78 is 12.3. The lowest BCUT2D eigenvalue weighted by molar-refractivity contribution is -0.129. The molecule has 0 spiro atoms. The highest BCUT2D eigenvalue weighted by Gasteiger charge is 2.24. The van der Waals surface area contributed by atoms with E-state index in [9.17, 15) is 4.79 Å². The van der Waals surface area contributed by atoms with Crippen molar-refractivity contribution in [3.05, 3.63) is 104 Å². The second kappa shape index (κ2) is 8.80. The largest absolute Gasteiger partial charge is 0.488 e. The van der Waals surface area contributed by atoms with E-state index in [0.29, 0.717) is 23.3 Å². The van der Waals surface area contributed by atoms with Gasteiger partial charge >= 0.3 is 5.97 Å². The molecule has 0 fully saturated rings. The van der Waals surface area contributed by atoms with Gasteiger partial charge in [0.05, 0.1) is 0 Å². The molecule has 0 bridgehead atoms. The summed E-state index contributed by atoms with van der Waals surface area (Å²) in [6.07, 6.45) is 1.67. The van der Waals surface area contributed by atoms with Crippen molar-refractivity contribution < 1.29 is 14.3 Å². The molecule has 0 saturated heterocycles. The van der Waals surface area contributed by atoms with Crippen molar-refractivity contribution in [3.63, 3.8) is 0 Å². The highest BCUT2D eigenvalue weighted by molar-refractivity contribution is 14.1. The molecule has 0 saturated carbocycles. The first-order valence-electron chi connectivity index (χ1n) is 8.84. The number of esters is 1. The Labute approximate surface area is 187 Å². The summed E-state index contributed by atoms with van der Waals surface area (Å²) in [6, 6.07) is 22.6. The monoisotopic (exact) mass is 515 g/mol. The lowest BCUT2D eigenvalue weighted by atomic mass is 10.1. The topological polar surface area (TPSA) is 47.9 Å². The summed E-state index contributed by atoms with van der Waals surface area (Å²) in [5, 5.41) is 0.648. The third-order valence-electron chi connectivity index (χ3n) is 4.24. The number of hydrogen-bond acceptors (Lipinski definition) is 4. The van der Waals surface area contributed by atoms with Gasteiger partial charge in [0.15, 0.2) is 5.70 Å². The highest BCUT2D eigenvalue weighted by atomic mass is 127.